The zero-order valence-corrected chi connectivity index (χ0v) is 16.1. The van der Waals surface area contributed by atoms with Crippen LogP contribution in [0.3, 0.4) is 0 Å². The van der Waals surface area contributed by atoms with Crippen LogP contribution in [0, 0.1) is 0 Å². The van der Waals surface area contributed by atoms with E-state index in [4.69, 9.17) is 27.9 Å². The highest BCUT2D eigenvalue weighted by Gasteiger charge is 2.24. The van der Waals surface area contributed by atoms with Crippen molar-refractivity contribution in [2.75, 3.05) is 43.5 Å². The second-order valence-electron chi connectivity index (χ2n) is 5.93. The number of carbonyl (C=O) groups excluding carboxylic acids is 2. The van der Waals surface area contributed by atoms with Crippen molar-refractivity contribution in [1.82, 2.24) is 9.88 Å². The lowest BCUT2D eigenvalue weighted by atomic mass is 10.2. The van der Waals surface area contributed by atoms with Gasteiger partial charge in [-0.15, -0.1) is 0 Å². The van der Waals surface area contributed by atoms with Gasteiger partial charge in [-0.2, -0.15) is 0 Å². The number of ether oxygens (including phenoxy) is 1. The van der Waals surface area contributed by atoms with Crippen LogP contribution in [-0.2, 0) is 4.74 Å². The fraction of sp³-hybridized carbons (Fsp3) is 0.278. The Balaban J connectivity index is 1.61. The molecule has 0 saturated carbocycles. The first-order valence-electron chi connectivity index (χ1n) is 8.28. The molecule has 0 unspecified atom stereocenters. The standard InChI is InChI=1S/C18H18Cl2N4O3/c1-27-17(25)12-3-2-4-13(9-12)22-18(26)24-7-5-23(6-8-24)16-14(19)10-21-11-15(16)20/h2-4,9-11H,5-8H2,1H3,(H,22,26). The van der Waals surface area contributed by atoms with Gasteiger partial charge in [-0.1, -0.05) is 29.3 Å². The molecule has 1 saturated heterocycles. The molecule has 1 aliphatic heterocycles. The quantitative estimate of drug-likeness (QED) is 0.786. The average molecular weight is 409 g/mol. The summed E-state index contributed by atoms with van der Waals surface area (Å²) in [6.07, 6.45) is 3.10. The Labute approximate surface area is 166 Å². The summed E-state index contributed by atoms with van der Waals surface area (Å²) in [6.45, 7) is 2.22. The number of carbonyl (C=O) groups is 2. The van der Waals surface area contributed by atoms with E-state index in [0.29, 0.717) is 47.5 Å². The number of nitrogens with zero attached hydrogens (tertiary/aromatic N) is 3. The molecule has 1 N–H and O–H groups in total. The molecule has 27 heavy (non-hydrogen) atoms. The van der Waals surface area contributed by atoms with Crippen LogP contribution in [0.4, 0.5) is 16.2 Å². The summed E-state index contributed by atoms with van der Waals surface area (Å²) < 4.78 is 4.69. The molecule has 3 rings (SSSR count). The van der Waals surface area contributed by atoms with Crippen molar-refractivity contribution in [1.29, 1.82) is 0 Å². The zero-order valence-electron chi connectivity index (χ0n) is 14.6. The predicted molar refractivity (Wildman–Crippen MR) is 105 cm³/mol. The number of pyridine rings is 1. The van der Waals surface area contributed by atoms with Crippen molar-refractivity contribution in [2.24, 2.45) is 0 Å². The van der Waals surface area contributed by atoms with E-state index in [1.54, 1.807) is 41.6 Å². The lowest BCUT2D eigenvalue weighted by Gasteiger charge is -2.36. The molecule has 1 fully saturated rings. The number of esters is 1. The smallest absolute Gasteiger partial charge is 0.337 e. The van der Waals surface area contributed by atoms with Crippen molar-refractivity contribution >= 4 is 46.6 Å². The molecular weight excluding hydrogens is 391 g/mol. The van der Waals surface area contributed by atoms with E-state index < -0.39 is 5.97 Å². The van der Waals surface area contributed by atoms with Crippen LogP contribution in [-0.4, -0.2) is 55.2 Å². The van der Waals surface area contributed by atoms with Crippen molar-refractivity contribution in [3.63, 3.8) is 0 Å². The summed E-state index contributed by atoms with van der Waals surface area (Å²) in [5, 5.41) is 3.78. The monoisotopic (exact) mass is 408 g/mol. The molecule has 2 aromatic rings. The van der Waals surface area contributed by atoms with Gasteiger partial charge in [0.05, 0.1) is 28.4 Å². The molecule has 0 aliphatic carbocycles. The van der Waals surface area contributed by atoms with E-state index in [1.165, 1.54) is 7.11 Å². The van der Waals surface area contributed by atoms with Crippen LogP contribution in [0.25, 0.3) is 0 Å². The van der Waals surface area contributed by atoms with Gasteiger partial charge in [0, 0.05) is 44.3 Å². The van der Waals surface area contributed by atoms with E-state index in [-0.39, 0.29) is 6.03 Å². The number of rotatable bonds is 3. The first kappa shape index (κ1) is 19.3. The van der Waals surface area contributed by atoms with Crippen LogP contribution in [0.15, 0.2) is 36.7 Å². The van der Waals surface area contributed by atoms with Gasteiger partial charge < -0.3 is 19.9 Å². The van der Waals surface area contributed by atoms with E-state index >= 15 is 0 Å². The van der Waals surface area contributed by atoms with Gasteiger partial charge in [0.25, 0.3) is 0 Å². The average Bonchev–Trinajstić information content (AvgIpc) is 2.68. The first-order valence-corrected chi connectivity index (χ1v) is 9.03. The Morgan fingerprint density at radius 3 is 2.41 bits per heavy atom. The maximum Gasteiger partial charge on any atom is 0.337 e. The number of anilines is 2. The number of amides is 2. The first-order chi connectivity index (χ1) is 13.0. The van der Waals surface area contributed by atoms with Gasteiger partial charge in [-0.25, -0.2) is 9.59 Å². The minimum Gasteiger partial charge on any atom is -0.465 e. The molecular formula is C18H18Cl2N4O3. The van der Waals surface area contributed by atoms with E-state index in [2.05, 4.69) is 10.3 Å². The number of methoxy groups -OCH3 is 1. The highest BCUT2D eigenvalue weighted by molar-refractivity contribution is 6.38. The van der Waals surface area contributed by atoms with Crippen molar-refractivity contribution in [3.05, 3.63) is 52.3 Å². The molecule has 142 valence electrons. The summed E-state index contributed by atoms with van der Waals surface area (Å²) in [7, 11) is 1.31. The Bertz CT molecular complexity index is 834. The van der Waals surface area contributed by atoms with Crippen molar-refractivity contribution in [3.8, 4) is 0 Å². The number of benzene rings is 1. The van der Waals surface area contributed by atoms with Crippen LogP contribution >= 0.6 is 23.2 Å². The van der Waals surface area contributed by atoms with Crippen molar-refractivity contribution in [2.45, 2.75) is 0 Å². The Morgan fingerprint density at radius 2 is 1.78 bits per heavy atom. The molecule has 1 aromatic carbocycles. The number of nitrogens with one attached hydrogen (secondary N) is 1. The maximum absolute atomic E-state index is 12.5. The van der Waals surface area contributed by atoms with E-state index in [1.807, 2.05) is 4.90 Å². The number of halogens is 2. The molecule has 1 aliphatic rings. The highest BCUT2D eigenvalue weighted by Crippen LogP contribution is 2.33. The predicted octanol–water partition coefficient (Wildman–Crippen LogP) is 3.53. The SMILES string of the molecule is COC(=O)c1cccc(NC(=O)N2CCN(c3c(Cl)cncc3Cl)CC2)c1. The largest absolute Gasteiger partial charge is 0.465 e. The number of piperazine rings is 1. The normalized spacial score (nSPS) is 14.0. The van der Waals surface area contributed by atoms with Crippen LogP contribution in [0.2, 0.25) is 10.0 Å². The number of urea groups is 1. The molecule has 2 amide bonds. The fourth-order valence-electron chi connectivity index (χ4n) is 2.88. The Hall–Kier alpha value is -2.51. The van der Waals surface area contributed by atoms with Gasteiger partial charge in [0.1, 0.15) is 0 Å². The number of hydrogen-bond acceptors (Lipinski definition) is 5. The highest BCUT2D eigenvalue weighted by atomic mass is 35.5. The van der Waals surface area contributed by atoms with Gasteiger partial charge >= 0.3 is 12.0 Å². The lowest BCUT2D eigenvalue weighted by Crippen LogP contribution is -2.50. The van der Waals surface area contributed by atoms with Gasteiger partial charge in [0.15, 0.2) is 0 Å². The fourth-order valence-corrected chi connectivity index (χ4v) is 3.49. The van der Waals surface area contributed by atoms with Crippen LogP contribution in [0.5, 0.6) is 0 Å². The minimum atomic E-state index is -0.453. The molecule has 0 bridgehead atoms. The molecule has 7 nitrogen and oxygen atoms in total. The van der Waals surface area contributed by atoms with Gasteiger partial charge in [-0.05, 0) is 18.2 Å². The zero-order chi connectivity index (χ0) is 19.4. The van der Waals surface area contributed by atoms with Crippen LogP contribution < -0.4 is 10.2 Å². The molecule has 0 radical (unpaired) electrons. The molecule has 9 heteroatoms. The third-order valence-corrected chi connectivity index (χ3v) is 4.80. The third kappa shape index (κ3) is 4.43. The molecule has 2 heterocycles. The summed E-state index contributed by atoms with van der Waals surface area (Å²) in [5.74, 6) is -0.453. The molecule has 1 aromatic heterocycles. The Morgan fingerprint density at radius 1 is 1.11 bits per heavy atom. The minimum absolute atomic E-state index is 0.233. The Kier molecular flexibility index (Phi) is 6.03. The van der Waals surface area contributed by atoms with E-state index in [9.17, 15) is 9.59 Å². The second kappa shape index (κ2) is 8.45. The molecule has 0 spiro atoms. The lowest BCUT2D eigenvalue weighted by molar-refractivity contribution is 0.0600. The molecule has 0 atom stereocenters. The number of aromatic nitrogens is 1. The third-order valence-electron chi connectivity index (χ3n) is 4.25. The van der Waals surface area contributed by atoms with Crippen LogP contribution in [0.1, 0.15) is 10.4 Å². The van der Waals surface area contributed by atoms with E-state index in [0.717, 1.165) is 5.69 Å². The topological polar surface area (TPSA) is 74.8 Å². The van der Waals surface area contributed by atoms with Gasteiger partial charge in [0.2, 0.25) is 0 Å². The van der Waals surface area contributed by atoms with Crippen molar-refractivity contribution < 1.29 is 14.3 Å². The summed E-state index contributed by atoms with van der Waals surface area (Å²) in [5.41, 5.74) is 1.65. The van der Waals surface area contributed by atoms with Gasteiger partial charge in [-0.3, -0.25) is 4.98 Å². The number of hydrogen-bond donors (Lipinski definition) is 1. The summed E-state index contributed by atoms with van der Waals surface area (Å²) in [4.78, 5) is 31.8. The summed E-state index contributed by atoms with van der Waals surface area (Å²) in [6, 6.07) is 6.38. The second-order valence-corrected chi connectivity index (χ2v) is 6.74. The summed E-state index contributed by atoms with van der Waals surface area (Å²) >= 11 is 12.4. The maximum atomic E-state index is 12.5.